The molecular formula is C24H32IN5O2. The number of rotatable bonds is 8. The quantitative estimate of drug-likeness (QED) is 0.298. The summed E-state index contributed by atoms with van der Waals surface area (Å²) in [5.41, 5.74) is 2.86. The topological polar surface area (TPSA) is 81.9 Å². The van der Waals surface area contributed by atoms with Crippen LogP contribution < -0.4 is 20.1 Å². The van der Waals surface area contributed by atoms with Crippen LogP contribution in [0.4, 0.5) is 0 Å². The van der Waals surface area contributed by atoms with Crippen molar-refractivity contribution in [2.75, 3.05) is 33.9 Å². The van der Waals surface area contributed by atoms with Crippen molar-refractivity contribution in [2.45, 2.75) is 32.5 Å². The second-order valence-corrected chi connectivity index (χ2v) is 7.59. The summed E-state index contributed by atoms with van der Waals surface area (Å²) in [6.45, 7) is 6.19. The summed E-state index contributed by atoms with van der Waals surface area (Å²) in [5.74, 6) is 2.43. The highest BCUT2D eigenvalue weighted by molar-refractivity contribution is 14.0. The number of methoxy groups -OCH3 is 2. The number of nitriles is 1. The number of aliphatic imine (C=N–C) groups is 1. The van der Waals surface area contributed by atoms with Gasteiger partial charge in [0.05, 0.1) is 32.4 Å². The maximum atomic E-state index is 9.07. The van der Waals surface area contributed by atoms with Crippen molar-refractivity contribution in [3.8, 4) is 17.6 Å². The van der Waals surface area contributed by atoms with Gasteiger partial charge in [0.2, 0.25) is 0 Å². The number of nitrogens with one attached hydrogen (secondary N) is 2. The van der Waals surface area contributed by atoms with Crippen LogP contribution in [0, 0.1) is 11.3 Å². The smallest absolute Gasteiger partial charge is 0.191 e. The van der Waals surface area contributed by atoms with Crippen LogP contribution in [-0.4, -0.2) is 50.8 Å². The number of ether oxygens (including phenoxy) is 2. The Morgan fingerprint density at radius 3 is 2.56 bits per heavy atom. The molecule has 2 aromatic carbocycles. The zero-order valence-electron chi connectivity index (χ0n) is 18.9. The van der Waals surface area contributed by atoms with Crippen molar-refractivity contribution in [3.05, 3.63) is 59.2 Å². The van der Waals surface area contributed by atoms with Crippen LogP contribution in [0.2, 0.25) is 0 Å². The molecule has 1 unspecified atom stereocenters. The van der Waals surface area contributed by atoms with Gasteiger partial charge in [0, 0.05) is 38.3 Å². The third-order valence-electron chi connectivity index (χ3n) is 5.25. The molecule has 172 valence electrons. The number of hydrogen-bond donors (Lipinski definition) is 2. The highest BCUT2D eigenvalue weighted by atomic mass is 127. The first kappa shape index (κ1) is 25.7. The summed E-state index contributed by atoms with van der Waals surface area (Å²) < 4.78 is 10.8. The molecule has 0 amide bonds. The van der Waals surface area contributed by atoms with Crippen molar-refractivity contribution < 1.29 is 9.47 Å². The minimum atomic E-state index is 0. The highest BCUT2D eigenvalue weighted by Crippen LogP contribution is 2.24. The summed E-state index contributed by atoms with van der Waals surface area (Å²) in [5, 5.41) is 16.0. The predicted molar refractivity (Wildman–Crippen MR) is 138 cm³/mol. The second kappa shape index (κ2) is 13.1. The highest BCUT2D eigenvalue weighted by Gasteiger charge is 2.23. The lowest BCUT2D eigenvalue weighted by Crippen LogP contribution is -2.44. The summed E-state index contributed by atoms with van der Waals surface area (Å²) in [6.07, 6.45) is 1.05. The van der Waals surface area contributed by atoms with Crippen LogP contribution in [0.5, 0.6) is 11.5 Å². The zero-order chi connectivity index (χ0) is 22.1. The first-order valence-corrected chi connectivity index (χ1v) is 10.6. The van der Waals surface area contributed by atoms with Gasteiger partial charge in [-0.3, -0.25) is 4.90 Å². The van der Waals surface area contributed by atoms with Gasteiger partial charge in [-0.25, -0.2) is 4.99 Å². The zero-order valence-corrected chi connectivity index (χ0v) is 21.3. The molecule has 3 rings (SSSR count). The van der Waals surface area contributed by atoms with E-state index in [2.05, 4.69) is 40.7 Å². The molecule has 2 aromatic rings. The van der Waals surface area contributed by atoms with E-state index in [1.165, 1.54) is 5.56 Å². The van der Waals surface area contributed by atoms with E-state index in [9.17, 15) is 0 Å². The Labute approximate surface area is 207 Å². The van der Waals surface area contributed by atoms with E-state index in [0.717, 1.165) is 55.6 Å². The van der Waals surface area contributed by atoms with E-state index in [1.54, 1.807) is 14.2 Å². The fourth-order valence-corrected chi connectivity index (χ4v) is 3.73. The van der Waals surface area contributed by atoms with Gasteiger partial charge in [0.1, 0.15) is 11.5 Å². The minimum absolute atomic E-state index is 0. The molecule has 1 saturated heterocycles. The van der Waals surface area contributed by atoms with Crippen LogP contribution >= 0.6 is 24.0 Å². The van der Waals surface area contributed by atoms with E-state index in [4.69, 9.17) is 19.7 Å². The number of likely N-dealkylation sites (tertiary alicyclic amines) is 1. The van der Waals surface area contributed by atoms with Gasteiger partial charge in [-0.2, -0.15) is 5.26 Å². The van der Waals surface area contributed by atoms with Gasteiger partial charge in [-0.1, -0.05) is 12.1 Å². The second-order valence-electron chi connectivity index (χ2n) is 7.59. The Balaban J connectivity index is 0.00000363. The largest absolute Gasteiger partial charge is 0.497 e. The minimum Gasteiger partial charge on any atom is -0.497 e. The Kier molecular flexibility index (Phi) is 10.6. The van der Waals surface area contributed by atoms with E-state index in [0.29, 0.717) is 18.2 Å². The van der Waals surface area contributed by atoms with E-state index in [-0.39, 0.29) is 24.0 Å². The third-order valence-corrected chi connectivity index (χ3v) is 5.25. The fourth-order valence-electron chi connectivity index (χ4n) is 3.73. The van der Waals surface area contributed by atoms with E-state index >= 15 is 0 Å². The number of nitrogens with zero attached hydrogens (tertiary/aromatic N) is 3. The third kappa shape index (κ3) is 7.57. The lowest BCUT2D eigenvalue weighted by molar-refractivity contribution is 0.321. The molecule has 32 heavy (non-hydrogen) atoms. The molecule has 0 radical (unpaired) electrons. The van der Waals surface area contributed by atoms with Crippen LogP contribution in [0.15, 0.2) is 47.5 Å². The lowest BCUT2D eigenvalue weighted by atomic mass is 10.1. The fraction of sp³-hybridized carbons (Fsp3) is 0.417. The number of guanidine groups is 1. The number of halogens is 1. The van der Waals surface area contributed by atoms with Gasteiger partial charge in [-0.05, 0) is 48.7 Å². The van der Waals surface area contributed by atoms with Crippen LogP contribution in [0.25, 0.3) is 0 Å². The molecule has 1 fully saturated rings. The van der Waals surface area contributed by atoms with Crippen molar-refractivity contribution in [3.63, 3.8) is 0 Å². The van der Waals surface area contributed by atoms with Gasteiger partial charge in [-0.15, -0.1) is 24.0 Å². The normalized spacial score (nSPS) is 16.1. The summed E-state index contributed by atoms with van der Waals surface area (Å²) >= 11 is 0. The molecule has 1 aliphatic rings. The molecule has 0 aliphatic carbocycles. The Morgan fingerprint density at radius 2 is 1.91 bits per heavy atom. The molecule has 0 spiro atoms. The maximum Gasteiger partial charge on any atom is 0.191 e. The van der Waals surface area contributed by atoms with Gasteiger partial charge >= 0.3 is 0 Å². The Morgan fingerprint density at radius 1 is 1.16 bits per heavy atom. The molecule has 1 heterocycles. The molecule has 7 nitrogen and oxygen atoms in total. The summed E-state index contributed by atoms with van der Waals surface area (Å²) in [7, 11) is 3.35. The Bertz CT molecular complexity index is 922. The summed E-state index contributed by atoms with van der Waals surface area (Å²) in [6, 6.07) is 16.1. The SMILES string of the molecule is CCNC(=NCc1cccc(C#N)c1)NC1CCN(Cc2cc(OC)cc(OC)c2)C1.I. The predicted octanol–water partition coefficient (Wildman–Crippen LogP) is 3.52. The summed E-state index contributed by atoms with van der Waals surface area (Å²) in [4.78, 5) is 7.13. The molecule has 0 bridgehead atoms. The molecule has 2 N–H and O–H groups in total. The molecule has 1 atom stereocenters. The first-order valence-electron chi connectivity index (χ1n) is 10.6. The molecular weight excluding hydrogens is 517 g/mol. The molecule has 0 saturated carbocycles. The van der Waals surface area contributed by atoms with E-state index < -0.39 is 0 Å². The Hall–Kier alpha value is -2.51. The molecule has 8 heteroatoms. The maximum absolute atomic E-state index is 9.07. The van der Waals surface area contributed by atoms with Gasteiger partial charge in [0.25, 0.3) is 0 Å². The number of benzene rings is 2. The molecule has 1 aliphatic heterocycles. The average Bonchev–Trinajstić information content (AvgIpc) is 3.24. The monoisotopic (exact) mass is 549 g/mol. The van der Waals surface area contributed by atoms with Crippen molar-refractivity contribution in [2.24, 2.45) is 4.99 Å². The molecule has 0 aromatic heterocycles. The van der Waals surface area contributed by atoms with Crippen LogP contribution in [-0.2, 0) is 13.1 Å². The van der Waals surface area contributed by atoms with Crippen LogP contribution in [0.1, 0.15) is 30.0 Å². The van der Waals surface area contributed by atoms with E-state index in [1.807, 2.05) is 30.3 Å². The van der Waals surface area contributed by atoms with Crippen molar-refractivity contribution in [1.29, 1.82) is 5.26 Å². The standard InChI is InChI=1S/C24H31N5O2.HI/c1-4-26-24(27-15-19-7-5-6-18(10-19)14-25)28-21-8-9-29(17-21)16-20-11-22(30-2)13-23(12-20)31-3;/h5-7,10-13,21H,4,8-9,15-17H2,1-3H3,(H2,26,27,28);1H. The van der Waals surface area contributed by atoms with Crippen LogP contribution in [0.3, 0.4) is 0 Å². The van der Waals surface area contributed by atoms with Crippen molar-refractivity contribution >= 4 is 29.9 Å². The number of hydrogen-bond acceptors (Lipinski definition) is 5. The van der Waals surface area contributed by atoms with Gasteiger partial charge in [0.15, 0.2) is 5.96 Å². The van der Waals surface area contributed by atoms with Crippen molar-refractivity contribution in [1.82, 2.24) is 15.5 Å². The average molecular weight is 549 g/mol. The lowest BCUT2D eigenvalue weighted by Gasteiger charge is -2.19. The van der Waals surface area contributed by atoms with Gasteiger partial charge < -0.3 is 20.1 Å². The first-order chi connectivity index (χ1) is 15.1.